The molecule has 0 radical (unpaired) electrons. The first-order valence-corrected chi connectivity index (χ1v) is 10.9. The number of fused-ring (bicyclic) bond motifs is 1. The molecule has 1 aromatic heterocycles. The van der Waals surface area contributed by atoms with Crippen LogP contribution in [0.4, 0.5) is 0 Å². The van der Waals surface area contributed by atoms with Crippen LogP contribution in [0.1, 0.15) is 75.5 Å². The third-order valence-electron chi connectivity index (χ3n) is 6.60. The third-order valence-corrected chi connectivity index (χ3v) is 6.60. The van der Waals surface area contributed by atoms with E-state index in [4.69, 9.17) is 0 Å². The van der Waals surface area contributed by atoms with Crippen LogP contribution < -0.4 is 4.57 Å². The van der Waals surface area contributed by atoms with E-state index in [2.05, 4.69) is 88.0 Å². The highest BCUT2D eigenvalue weighted by molar-refractivity contribution is 5.94. The summed E-state index contributed by atoms with van der Waals surface area (Å²) < 4.78 is 2.29. The summed E-state index contributed by atoms with van der Waals surface area (Å²) in [6.07, 6.45) is 9.11. The third kappa shape index (κ3) is 3.60. The Labute approximate surface area is 170 Å². The minimum Gasteiger partial charge on any atom is -0.200 e. The predicted octanol–water partition coefficient (Wildman–Crippen LogP) is 6.98. The van der Waals surface area contributed by atoms with Crippen molar-refractivity contribution in [3.05, 3.63) is 65.4 Å². The van der Waals surface area contributed by atoms with Crippen LogP contribution in [0.3, 0.4) is 0 Å². The Balaban J connectivity index is 1.86. The molecule has 0 aliphatic heterocycles. The Hall–Kier alpha value is -2.15. The fourth-order valence-corrected chi connectivity index (χ4v) is 4.76. The fraction of sp³-hybridized carbons (Fsp3) is 0.444. The van der Waals surface area contributed by atoms with Gasteiger partial charge in [0, 0.05) is 11.6 Å². The maximum Gasteiger partial charge on any atom is 0.220 e. The highest BCUT2D eigenvalue weighted by Gasteiger charge is 2.22. The second-order valence-corrected chi connectivity index (χ2v) is 9.74. The second kappa shape index (κ2) is 7.35. The number of aryl methyl sites for hydroxylation is 2. The monoisotopic (exact) mass is 372 g/mol. The maximum absolute atomic E-state index is 2.46. The number of benzene rings is 2. The molecular weight excluding hydrogens is 338 g/mol. The van der Waals surface area contributed by atoms with Crippen LogP contribution in [-0.2, 0) is 12.5 Å². The van der Waals surface area contributed by atoms with Gasteiger partial charge in [-0.3, -0.25) is 0 Å². The summed E-state index contributed by atoms with van der Waals surface area (Å²) in [4.78, 5) is 0. The standard InChI is InChI=1S/C27H34N/c1-19-11-13-23(27(2,3)4)18-25(19)26-24-14-12-21(20-9-7-6-8-10-20)17-22(24)15-16-28(26)5/h11-18,20H,6-10H2,1-5H3/q+1. The molecule has 28 heavy (non-hydrogen) atoms. The van der Waals surface area contributed by atoms with Gasteiger partial charge in [0.25, 0.3) is 0 Å². The molecule has 1 aliphatic rings. The van der Waals surface area contributed by atoms with Gasteiger partial charge in [-0.15, -0.1) is 0 Å². The van der Waals surface area contributed by atoms with Crippen LogP contribution in [0.15, 0.2) is 48.7 Å². The number of hydrogen-bond acceptors (Lipinski definition) is 0. The Bertz CT molecular complexity index is 1000. The van der Waals surface area contributed by atoms with Gasteiger partial charge in [0.15, 0.2) is 6.20 Å². The lowest BCUT2D eigenvalue weighted by atomic mass is 9.82. The van der Waals surface area contributed by atoms with E-state index in [0.717, 1.165) is 5.92 Å². The van der Waals surface area contributed by atoms with Gasteiger partial charge < -0.3 is 0 Å². The molecule has 3 aromatic rings. The molecule has 1 saturated carbocycles. The van der Waals surface area contributed by atoms with Crippen LogP contribution in [0.5, 0.6) is 0 Å². The molecule has 146 valence electrons. The molecule has 0 unspecified atom stereocenters. The van der Waals surface area contributed by atoms with Crippen molar-refractivity contribution in [2.24, 2.45) is 7.05 Å². The van der Waals surface area contributed by atoms with E-state index in [0.29, 0.717) is 0 Å². The quantitative estimate of drug-likeness (QED) is 0.427. The smallest absolute Gasteiger partial charge is 0.200 e. The van der Waals surface area contributed by atoms with Gasteiger partial charge in [0.2, 0.25) is 5.69 Å². The minimum atomic E-state index is 0.153. The molecule has 0 N–H and O–H groups in total. The maximum atomic E-state index is 2.46. The van der Waals surface area contributed by atoms with E-state index >= 15 is 0 Å². The average molecular weight is 373 g/mol. The van der Waals surface area contributed by atoms with E-state index in [1.54, 1.807) is 0 Å². The van der Waals surface area contributed by atoms with Gasteiger partial charge in [0.1, 0.15) is 7.05 Å². The molecule has 1 heteroatoms. The lowest BCUT2D eigenvalue weighted by Gasteiger charge is -2.22. The van der Waals surface area contributed by atoms with Crippen molar-refractivity contribution in [2.75, 3.05) is 0 Å². The van der Waals surface area contributed by atoms with Gasteiger partial charge in [0.05, 0.1) is 5.39 Å². The fourth-order valence-electron chi connectivity index (χ4n) is 4.76. The number of nitrogens with zero attached hydrogens (tertiary/aromatic N) is 1. The zero-order valence-corrected chi connectivity index (χ0v) is 18.2. The van der Waals surface area contributed by atoms with Crippen molar-refractivity contribution < 1.29 is 4.57 Å². The van der Waals surface area contributed by atoms with Gasteiger partial charge in [-0.05, 0) is 65.3 Å². The number of rotatable bonds is 2. The molecule has 1 heterocycles. The van der Waals surface area contributed by atoms with Crippen molar-refractivity contribution in [1.29, 1.82) is 0 Å². The van der Waals surface area contributed by atoms with Gasteiger partial charge in [-0.25, -0.2) is 4.57 Å². The Morgan fingerprint density at radius 3 is 2.36 bits per heavy atom. The zero-order valence-electron chi connectivity index (χ0n) is 18.2. The molecule has 0 atom stereocenters. The van der Waals surface area contributed by atoms with Gasteiger partial charge in [-0.2, -0.15) is 0 Å². The predicted molar refractivity (Wildman–Crippen MR) is 120 cm³/mol. The molecule has 1 nitrogen and oxygen atoms in total. The second-order valence-electron chi connectivity index (χ2n) is 9.74. The molecule has 0 saturated heterocycles. The summed E-state index contributed by atoms with van der Waals surface area (Å²) in [5, 5.41) is 2.73. The van der Waals surface area contributed by atoms with Crippen LogP contribution in [0.2, 0.25) is 0 Å². The summed E-state index contributed by atoms with van der Waals surface area (Å²) in [6, 6.07) is 16.5. The summed E-state index contributed by atoms with van der Waals surface area (Å²) in [7, 11) is 2.17. The van der Waals surface area contributed by atoms with E-state index < -0.39 is 0 Å². The zero-order chi connectivity index (χ0) is 19.9. The lowest BCUT2D eigenvalue weighted by molar-refractivity contribution is -0.659. The van der Waals surface area contributed by atoms with Crippen molar-refractivity contribution in [3.63, 3.8) is 0 Å². The lowest BCUT2D eigenvalue weighted by Crippen LogP contribution is -2.31. The Kier molecular flexibility index (Phi) is 5.04. The SMILES string of the molecule is Cc1ccc(C(C)(C)C)cc1-c1c2ccc(C3CCCCC3)cc2cc[n+]1C. The van der Waals surface area contributed by atoms with E-state index in [9.17, 15) is 0 Å². The summed E-state index contributed by atoms with van der Waals surface area (Å²) in [6.45, 7) is 9.11. The molecular formula is C27H34N+. The largest absolute Gasteiger partial charge is 0.220 e. The first-order chi connectivity index (χ1) is 13.3. The van der Waals surface area contributed by atoms with E-state index in [1.807, 2.05) is 0 Å². The van der Waals surface area contributed by atoms with Crippen LogP contribution in [0.25, 0.3) is 22.0 Å². The molecule has 2 aromatic carbocycles. The molecule has 1 aliphatic carbocycles. The minimum absolute atomic E-state index is 0.153. The van der Waals surface area contributed by atoms with E-state index in [-0.39, 0.29) is 5.41 Å². The summed E-state index contributed by atoms with van der Waals surface area (Å²) in [5.74, 6) is 0.751. The first-order valence-electron chi connectivity index (χ1n) is 10.9. The van der Waals surface area contributed by atoms with Gasteiger partial charge in [-0.1, -0.05) is 64.3 Å². The van der Waals surface area contributed by atoms with Crippen molar-refractivity contribution in [1.82, 2.24) is 0 Å². The molecule has 4 rings (SSSR count). The Morgan fingerprint density at radius 1 is 0.893 bits per heavy atom. The van der Waals surface area contributed by atoms with Crippen molar-refractivity contribution in [3.8, 4) is 11.3 Å². The molecule has 0 spiro atoms. The number of aromatic nitrogens is 1. The normalized spacial score (nSPS) is 15.9. The summed E-state index contributed by atoms with van der Waals surface area (Å²) >= 11 is 0. The highest BCUT2D eigenvalue weighted by Crippen LogP contribution is 2.36. The summed E-state index contributed by atoms with van der Waals surface area (Å²) in [5.41, 5.74) is 7.10. The Morgan fingerprint density at radius 2 is 1.64 bits per heavy atom. The van der Waals surface area contributed by atoms with Crippen molar-refractivity contribution in [2.45, 2.75) is 71.1 Å². The molecule has 1 fully saturated rings. The first kappa shape index (κ1) is 19.2. The number of pyridine rings is 1. The van der Waals surface area contributed by atoms with Crippen molar-refractivity contribution >= 4 is 10.8 Å². The van der Waals surface area contributed by atoms with E-state index in [1.165, 1.54) is 70.8 Å². The molecule has 0 bridgehead atoms. The number of hydrogen-bond donors (Lipinski definition) is 0. The van der Waals surface area contributed by atoms with Gasteiger partial charge >= 0.3 is 0 Å². The topological polar surface area (TPSA) is 3.88 Å². The van der Waals surface area contributed by atoms with Crippen LogP contribution >= 0.6 is 0 Å². The van der Waals surface area contributed by atoms with Crippen LogP contribution in [0, 0.1) is 6.92 Å². The van der Waals surface area contributed by atoms with Crippen LogP contribution in [-0.4, -0.2) is 0 Å². The highest BCUT2D eigenvalue weighted by atomic mass is 14.9. The molecule has 0 amide bonds. The average Bonchev–Trinajstić information content (AvgIpc) is 2.68.